The third kappa shape index (κ3) is 2.99. The molecular formula is C12H8Cl2FIN2. The Kier molecular flexibility index (Phi) is 4.19. The summed E-state index contributed by atoms with van der Waals surface area (Å²) in [6, 6.07) is 7.99. The summed E-state index contributed by atoms with van der Waals surface area (Å²) in [7, 11) is 0. The fraction of sp³-hybridized carbons (Fsp3) is 0. The summed E-state index contributed by atoms with van der Waals surface area (Å²) in [6.07, 6.45) is 0. The molecule has 0 aliphatic heterocycles. The zero-order valence-electron chi connectivity index (χ0n) is 8.98. The van der Waals surface area contributed by atoms with E-state index in [1.807, 2.05) is 0 Å². The number of hydrogen-bond acceptors (Lipinski definition) is 2. The summed E-state index contributed by atoms with van der Waals surface area (Å²) in [5.41, 5.74) is 7.43. The summed E-state index contributed by atoms with van der Waals surface area (Å²) in [4.78, 5) is 0. The van der Waals surface area contributed by atoms with Crippen molar-refractivity contribution < 1.29 is 4.39 Å². The zero-order chi connectivity index (χ0) is 13.3. The summed E-state index contributed by atoms with van der Waals surface area (Å²) in [5, 5.41) is 3.69. The van der Waals surface area contributed by atoms with E-state index >= 15 is 0 Å². The van der Waals surface area contributed by atoms with Gasteiger partial charge in [-0.05, 0) is 46.9 Å². The van der Waals surface area contributed by atoms with Crippen LogP contribution in [-0.2, 0) is 0 Å². The minimum absolute atomic E-state index is 0.00357. The van der Waals surface area contributed by atoms with E-state index in [-0.39, 0.29) is 5.02 Å². The summed E-state index contributed by atoms with van der Waals surface area (Å²) >= 11 is 13.6. The van der Waals surface area contributed by atoms with Gasteiger partial charge in [0.2, 0.25) is 0 Å². The first kappa shape index (κ1) is 13.7. The van der Waals surface area contributed by atoms with E-state index in [0.717, 1.165) is 9.26 Å². The Hall–Kier alpha value is -0.720. The van der Waals surface area contributed by atoms with Gasteiger partial charge in [0, 0.05) is 14.7 Å². The number of nitrogens with one attached hydrogen (secondary N) is 1. The van der Waals surface area contributed by atoms with Gasteiger partial charge in [-0.15, -0.1) is 0 Å². The second-order valence-electron chi connectivity index (χ2n) is 3.60. The van der Waals surface area contributed by atoms with Crippen LogP contribution in [0, 0.1) is 9.39 Å². The second-order valence-corrected chi connectivity index (χ2v) is 5.61. The normalized spacial score (nSPS) is 10.4. The molecule has 2 rings (SSSR count). The van der Waals surface area contributed by atoms with Crippen LogP contribution in [0.25, 0.3) is 0 Å². The number of halogens is 4. The predicted molar refractivity (Wildman–Crippen MR) is 83.3 cm³/mol. The molecule has 18 heavy (non-hydrogen) atoms. The molecule has 0 aromatic heterocycles. The minimum atomic E-state index is -0.516. The van der Waals surface area contributed by atoms with Crippen molar-refractivity contribution in [3.63, 3.8) is 0 Å². The Morgan fingerprint density at radius 2 is 1.83 bits per heavy atom. The average Bonchev–Trinajstić information content (AvgIpc) is 2.29. The molecule has 0 atom stereocenters. The predicted octanol–water partition coefficient (Wildman–Crippen LogP) is 5.06. The monoisotopic (exact) mass is 396 g/mol. The standard InChI is InChI=1S/C12H8Cl2FIN2/c13-6-1-2-11(9(16)3-6)18-12-5-8(15)7(14)4-10(12)17/h1-5,18H,17H2. The average molecular weight is 397 g/mol. The van der Waals surface area contributed by atoms with Crippen molar-refractivity contribution in [3.8, 4) is 0 Å². The Morgan fingerprint density at radius 3 is 2.50 bits per heavy atom. The minimum Gasteiger partial charge on any atom is -0.397 e. The maximum absolute atomic E-state index is 13.4. The van der Waals surface area contributed by atoms with Crippen LogP contribution in [0.4, 0.5) is 21.5 Å². The van der Waals surface area contributed by atoms with E-state index in [4.69, 9.17) is 28.9 Å². The number of anilines is 3. The van der Waals surface area contributed by atoms with E-state index in [1.54, 1.807) is 18.2 Å². The molecule has 2 aromatic carbocycles. The molecule has 6 heteroatoms. The number of hydrogen-bond donors (Lipinski definition) is 2. The quantitative estimate of drug-likeness (QED) is 0.549. The van der Waals surface area contributed by atoms with Crippen LogP contribution in [-0.4, -0.2) is 0 Å². The van der Waals surface area contributed by atoms with Crippen LogP contribution in [0.5, 0.6) is 0 Å². The first-order chi connectivity index (χ1) is 8.47. The van der Waals surface area contributed by atoms with Gasteiger partial charge in [-0.25, -0.2) is 4.39 Å². The number of nitrogen functional groups attached to an aromatic ring is 1. The third-order valence-electron chi connectivity index (χ3n) is 2.29. The second kappa shape index (κ2) is 5.50. The van der Waals surface area contributed by atoms with Crippen LogP contribution in [0.3, 0.4) is 0 Å². The van der Waals surface area contributed by atoms with Gasteiger partial charge in [0.05, 0.1) is 22.1 Å². The summed E-state index contributed by atoms with van der Waals surface area (Å²) < 4.78 is 14.3. The van der Waals surface area contributed by atoms with Gasteiger partial charge in [-0.2, -0.15) is 0 Å². The molecule has 3 N–H and O–H groups in total. The Balaban J connectivity index is 2.37. The Bertz CT molecular complexity index is 605. The smallest absolute Gasteiger partial charge is 0.144 e. The lowest BCUT2D eigenvalue weighted by Gasteiger charge is -2.12. The molecule has 0 heterocycles. The van der Waals surface area contributed by atoms with Crippen molar-refractivity contribution in [1.82, 2.24) is 0 Å². The molecule has 0 bridgehead atoms. The molecule has 2 nitrogen and oxygen atoms in total. The van der Waals surface area contributed by atoms with Crippen molar-refractivity contribution in [3.05, 3.63) is 49.8 Å². The van der Waals surface area contributed by atoms with Gasteiger partial charge in [0.15, 0.2) is 0 Å². The van der Waals surface area contributed by atoms with Crippen molar-refractivity contribution in [2.45, 2.75) is 0 Å². The highest BCUT2D eigenvalue weighted by Crippen LogP contribution is 2.31. The fourth-order valence-corrected chi connectivity index (χ4v) is 2.58. The first-order valence-electron chi connectivity index (χ1n) is 4.94. The van der Waals surface area contributed by atoms with E-state index < -0.39 is 5.82 Å². The molecule has 0 saturated carbocycles. The lowest BCUT2D eigenvalue weighted by molar-refractivity contribution is 0.629. The van der Waals surface area contributed by atoms with Crippen molar-refractivity contribution in [1.29, 1.82) is 0 Å². The highest BCUT2D eigenvalue weighted by Gasteiger charge is 2.08. The SMILES string of the molecule is Nc1cc(Cl)c(F)cc1Nc1ccc(Cl)cc1I. The lowest BCUT2D eigenvalue weighted by atomic mass is 10.2. The van der Waals surface area contributed by atoms with Gasteiger partial charge >= 0.3 is 0 Å². The molecule has 0 fully saturated rings. The topological polar surface area (TPSA) is 38.0 Å². The van der Waals surface area contributed by atoms with Gasteiger partial charge in [0.25, 0.3) is 0 Å². The van der Waals surface area contributed by atoms with E-state index in [9.17, 15) is 4.39 Å². The molecule has 0 amide bonds. The summed E-state index contributed by atoms with van der Waals surface area (Å²) in [5.74, 6) is -0.516. The van der Waals surface area contributed by atoms with E-state index in [1.165, 1.54) is 12.1 Å². The van der Waals surface area contributed by atoms with Crippen molar-refractivity contribution >= 4 is 62.9 Å². The molecule has 2 aromatic rings. The summed E-state index contributed by atoms with van der Waals surface area (Å²) in [6.45, 7) is 0. The molecule has 0 aliphatic rings. The lowest BCUT2D eigenvalue weighted by Crippen LogP contribution is -1.99. The number of benzene rings is 2. The van der Waals surface area contributed by atoms with Gasteiger partial charge in [-0.3, -0.25) is 0 Å². The maximum atomic E-state index is 13.4. The Morgan fingerprint density at radius 1 is 1.11 bits per heavy atom. The molecule has 0 spiro atoms. The van der Waals surface area contributed by atoms with Crippen LogP contribution in [0.15, 0.2) is 30.3 Å². The molecule has 94 valence electrons. The van der Waals surface area contributed by atoms with Crippen molar-refractivity contribution in [2.24, 2.45) is 0 Å². The van der Waals surface area contributed by atoms with Crippen LogP contribution < -0.4 is 11.1 Å². The molecular weight excluding hydrogens is 389 g/mol. The largest absolute Gasteiger partial charge is 0.397 e. The van der Waals surface area contributed by atoms with Gasteiger partial charge in [0.1, 0.15) is 5.82 Å². The highest BCUT2D eigenvalue weighted by molar-refractivity contribution is 14.1. The van der Waals surface area contributed by atoms with E-state index in [0.29, 0.717) is 16.4 Å². The third-order valence-corrected chi connectivity index (χ3v) is 3.71. The van der Waals surface area contributed by atoms with E-state index in [2.05, 4.69) is 27.9 Å². The molecule has 0 radical (unpaired) electrons. The van der Waals surface area contributed by atoms with Crippen molar-refractivity contribution in [2.75, 3.05) is 11.1 Å². The van der Waals surface area contributed by atoms with Crippen LogP contribution in [0.1, 0.15) is 0 Å². The van der Waals surface area contributed by atoms with Crippen LogP contribution >= 0.6 is 45.8 Å². The Labute approximate surface area is 127 Å². The maximum Gasteiger partial charge on any atom is 0.144 e. The van der Waals surface area contributed by atoms with Gasteiger partial charge < -0.3 is 11.1 Å². The number of nitrogens with two attached hydrogens (primary N) is 1. The highest BCUT2D eigenvalue weighted by atomic mass is 127. The molecule has 0 unspecified atom stereocenters. The molecule has 0 saturated heterocycles. The van der Waals surface area contributed by atoms with Gasteiger partial charge in [-0.1, -0.05) is 23.2 Å². The first-order valence-corrected chi connectivity index (χ1v) is 6.77. The van der Waals surface area contributed by atoms with Crippen LogP contribution in [0.2, 0.25) is 10.0 Å². The molecule has 0 aliphatic carbocycles. The number of rotatable bonds is 2. The fourth-order valence-electron chi connectivity index (χ4n) is 1.41. The zero-order valence-corrected chi connectivity index (χ0v) is 12.6.